The molecule has 2 aliphatic rings. The lowest BCUT2D eigenvalue weighted by Gasteiger charge is -2.29. The molecule has 2 aliphatic carbocycles. The van der Waals surface area contributed by atoms with E-state index in [0.29, 0.717) is 0 Å². The van der Waals surface area contributed by atoms with Gasteiger partial charge in [-0.05, 0) is 104 Å². The number of halogens is 1. The van der Waals surface area contributed by atoms with E-state index in [1.54, 1.807) is 11.1 Å². The molecule has 0 N–H and O–H groups in total. The summed E-state index contributed by atoms with van der Waals surface area (Å²) in [6.07, 6.45) is 19.7. The van der Waals surface area contributed by atoms with Crippen LogP contribution in [-0.2, 0) is 0 Å². The molecule has 0 heterocycles. The van der Waals surface area contributed by atoms with Gasteiger partial charge in [0.25, 0.3) is 0 Å². The lowest BCUT2D eigenvalue weighted by atomic mass is 9.76. The van der Waals surface area contributed by atoms with Crippen molar-refractivity contribution < 1.29 is 0 Å². The van der Waals surface area contributed by atoms with Crippen molar-refractivity contribution in [3.05, 3.63) is 59.7 Å². The van der Waals surface area contributed by atoms with Crippen LogP contribution in [0.15, 0.2) is 48.5 Å². The zero-order chi connectivity index (χ0) is 22.9. The van der Waals surface area contributed by atoms with E-state index in [4.69, 9.17) is 0 Å². The molecule has 180 valence electrons. The predicted octanol–water partition coefficient (Wildman–Crippen LogP) is 10.7. The first kappa shape index (κ1) is 25.0. The average molecular weight is 510 g/mol. The molecule has 0 radical (unpaired) electrons. The summed E-state index contributed by atoms with van der Waals surface area (Å²) in [5.41, 5.74) is 5.88. The molecular formula is C32H45Br. The van der Waals surface area contributed by atoms with Crippen molar-refractivity contribution in [2.45, 2.75) is 109 Å². The van der Waals surface area contributed by atoms with Gasteiger partial charge in [0.1, 0.15) is 0 Å². The Morgan fingerprint density at radius 2 is 1.03 bits per heavy atom. The molecule has 0 unspecified atom stereocenters. The normalized spacial score (nSPS) is 25.8. The zero-order valence-corrected chi connectivity index (χ0v) is 22.5. The average Bonchev–Trinajstić information content (AvgIpc) is 2.88. The van der Waals surface area contributed by atoms with Crippen LogP contribution in [0, 0.1) is 11.8 Å². The first-order valence-electron chi connectivity index (χ1n) is 14.0. The molecule has 1 heteroatoms. The third kappa shape index (κ3) is 7.20. The van der Waals surface area contributed by atoms with Crippen LogP contribution in [0.2, 0.25) is 0 Å². The highest BCUT2D eigenvalue weighted by atomic mass is 79.9. The number of rotatable bonds is 10. The molecule has 0 nitrogen and oxygen atoms in total. The third-order valence-corrected chi connectivity index (χ3v) is 9.29. The van der Waals surface area contributed by atoms with E-state index in [-0.39, 0.29) is 0 Å². The fraction of sp³-hybridized carbons (Fsp3) is 0.625. The lowest BCUT2D eigenvalue weighted by molar-refractivity contribution is 0.303. The molecule has 0 amide bonds. The second-order valence-electron chi connectivity index (χ2n) is 11.0. The molecule has 2 saturated carbocycles. The van der Waals surface area contributed by atoms with Crippen LogP contribution in [0.1, 0.15) is 120 Å². The lowest BCUT2D eigenvalue weighted by Crippen LogP contribution is -2.13. The predicted molar refractivity (Wildman–Crippen MR) is 148 cm³/mol. The van der Waals surface area contributed by atoms with E-state index in [2.05, 4.69) is 71.4 Å². The number of unbranched alkanes of at least 4 members (excludes halogenated alkanes) is 2. The smallest absolute Gasteiger partial charge is 0.00313 e. The minimum Gasteiger partial charge on any atom is -0.0928 e. The molecule has 2 aromatic rings. The maximum atomic E-state index is 3.55. The Morgan fingerprint density at radius 1 is 0.576 bits per heavy atom. The van der Waals surface area contributed by atoms with Crippen LogP contribution in [0.3, 0.4) is 0 Å². The second-order valence-corrected chi connectivity index (χ2v) is 11.8. The van der Waals surface area contributed by atoms with Crippen molar-refractivity contribution in [2.24, 2.45) is 11.8 Å². The minimum absolute atomic E-state index is 0.781. The number of hydrogen-bond acceptors (Lipinski definition) is 0. The molecule has 0 spiro atoms. The summed E-state index contributed by atoms with van der Waals surface area (Å²) in [6.45, 7) is 2.33. The standard InChI is InChI=1S/C32H45Br/c1-2-6-25-8-12-27(13-9-25)29-16-20-31(21-17-29)32-22-18-30(19-23-32)28-14-10-26(11-15-28)7-4-3-5-24-33/h16-23,25-28H,2-15,24H2,1H3/t25-,26-,27-,28-. The van der Waals surface area contributed by atoms with E-state index in [9.17, 15) is 0 Å². The Labute approximate surface area is 212 Å². The fourth-order valence-electron chi connectivity index (χ4n) is 6.58. The van der Waals surface area contributed by atoms with Crippen molar-refractivity contribution in [2.75, 3.05) is 5.33 Å². The highest BCUT2D eigenvalue weighted by Gasteiger charge is 2.23. The van der Waals surface area contributed by atoms with Gasteiger partial charge in [0.15, 0.2) is 0 Å². The van der Waals surface area contributed by atoms with Crippen molar-refractivity contribution in [3.63, 3.8) is 0 Å². The quantitative estimate of drug-likeness (QED) is 0.221. The van der Waals surface area contributed by atoms with Crippen molar-refractivity contribution in [3.8, 4) is 11.1 Å². The summed E-state index contributed by atoms with van der Waals surface area (Å²) >= 11 is 3.55. The summed E-state index contributed by atoms with van der Waals surface area (Å²) in [5.74, 6) is 3.54. The molecule has 0 aromatic heterocycles. The van der Waals surface area contributed by atoms with Gasteiger partial charge in [-0.1, -0.05) is 103 Å². The molecule has 4 rings (SSSR count). The van der Waals surface area contributed by atoms with Crippen LogP contribution in [0.5, 0.6) is 0 Å². The van der Waals surface area contributed by atoms with Crippen molar-refractivity contribution in [1.82, 2.24) is 0 Å². The van der Waals surface area contributed by atoms with Crippen molar-refractivity contribution >= 4 is 15.9 Å². The highest BCUT2D eigenvalue weighted by molar-refractivity contribution is 9.09. The number of hydrogen-bond donors (Lipinski definition) is 0. The Morgan fingerprint density at radius 3 is 1.45 bits per heavy atom. The summed E-state index contributed by atoms with van der Waals surface area (Å²) < 4.78 is 0. The fourth-order valence-corrected chi connectivity index (χ4v) is 6.97. The van der Waals surface area contributed by atoms with Crippen molar-refractivity contribution in [1.29, 1.82) is 0 Å². The molecule has 2 fully saturated rings. The van der Waals surface area contributed by atoms with Gasteiger partial charge in [-0.15, -0.1) is 0 Å². The Hall–Kier alpha value is -1.08. The van der Waals surface area contributed by atoms with Gasteiger partial charge >= 0.3 is 0 Å². The van der Waals surface area contributed by atoms with E-state index < -0.39 is 0 Å². The van der Waals surface area contributed by atoms with Gasteiger partial charge in [0.05, 0.1) is 0 Å². The second kappa shape index (κ2) is 13.1. The van der Waals surface area contributed by atoms with Crippen LogP contribution >= 0.6 is 15.9 Å². The van der Waals surface area contributed by atoms with Crippen LogP contribution in [-0.4, -0.2) is 5.33 Å². The zero-order valence-electron chi connectivity index (χ0n) is 20.9. The molecular weight excluding hydrogens is 464 g/mol. The summed E-state index contributed by atoms with van der Waals surface area (Å²) in [5, 5.41) is 1.17. The molecule has 2 aromatic carbocycles. The van der Waals surface area contributed by atoms with E-state index in [1.165, 1.54) is 106 Å². The van der Waals surface area contributed by atoms with E-state index >= 15 is 0 Å². The van der Waals surface area contributed by atoms with Gasteiger partial charge in [0.2, 0.25) is 0 Å². The van der Waals surface area contributed by atoms with E-state index in [1.807, 2.05) is 0 Å². The highest BCUT2D eigenvalue weighted by Crippen LogP contribution is 2.39. The monoisotopic (exact) mass is 508 g/mol. The van der Waals surface area contributed by atoms with Gasteiger partial charge in [-0.3, -0.25) is 0 Å². The van der Waals surface area contributed by atoms with Gasteiger partial charge < -0.3 is 0 Å². The Balaban J connectivity index is 1.26. The summed E-state index contributed by atoms with van der Waals surface area (Å²) in [4.78, 5) is 0. The number of benzene rings is 2. The topological polar surface area (TPSA) is 0 Å². The first-order chi connectivity index (χ1) is 16.3. The van der Waals surface area contributed by atoms with Crippen LogP contribution in [0.25, 0.3) is 11.1 Å². The van der Waals surface area contributed by atoms with Gasteiger partial charge in [-0.2, -0.15) is 0 Å². The van der Waals surface area contributed by atoms with Gasteiger partial charge in [-0.25, -0.2) is 0 Å². The largest absolute Gasteiger partial charge is 0.0928 e. The minimum atomic E-state index is 0.781. The molecule has 0 bridgehead atoms. The third-order valence-electron chi connectivity index (χ3n) is 8.73. The summed E-state index contributed by atoms with van der Waals surface area (Å²) in [6, 6.07) is 19.1. The SMILES string of the molecule is CCC[C@H]1CC[C@H](c2ccc(-c3ccc([C@H]4CC[C@H](CCCCCBr)CC4)cc3)cc2)CC1. The molecule has 0 saturated heterocycles. The maximum absolute atomic E-state index is 3.55. The number of alkyl halides is 1. The molecule has 0 aliphatic heterocycles. The van der Waals surface area contributed by atoms with Crippen LogP contribution in [0.4, 0.5) is 0 Å². The Bertz CT molecular complexity index is 789. The molecule has 33 heavy (non-hydrogen) atoms. The maximum Gasteiger partial charge on any atom is 0.00313 e. The summed E-state index contributed by atoms with van der Waals surface area (Å²) in [7, 11) is 0. The Kier molecular flexibility index (Phi) is 9.95. The molecule has 0 atom stereocenters. The first-order valence-corrected chi connectivity index (χ1v) is 15.1. The van der Waals surface area contributed by atoms with Gasteiger partial charge in [0, 0.05) is 5.33 Å². The van der Waals surface area contributed by atoms with E-state index in [0.717, 1.165) is 23.7 Å². The van der Waals surface area contributed by atoms with Crippen LogP contribution < -0.4 is 0 Å².